The molecule has 1 aliphatic carbocycles. The minimum Gasteiger partial charge on any atom is -0.312 e. The van der Waals surface area contributed by atoms with Gasteiger partial charge in [0, 0.05) is 18.9 Å². The third-order valence-corrected chi connectivity index (χ3v) is 3.07. The summed E-state index contributed by atoms with van der Waals surface area (Å²) in [6, 6.07) is 2.20. The van der Waals surface area contributed by atoms with Crippen molar-refractivity contribution in [2.75, 3.05) is 6.54 Å². The van der Waals surface area contributed by atoms with Crippen LogP contribution in [0.25, 0.3) is 0 Å². The highest BCUT2D eigenvalue weighted by Crippen LogP contribution is 2.16. The van der Waals surface area contributed by atoms with Gasteiger partial charge in [0.2, 0.25) is 0 Å². The molecule has 2 rings (SSSR count). The molecule has 1 N–H and O–H groups in total. The van der Waals surface area contributed by atoms with Crippen LogP contribution in [0.3, 0.4) is 0 Å². The summed E-state index contributed by atoms with van der Waals surface area (Å²) in [5.74, 6) is 0.822. The molecule has 0 spiro atoms. The maximum atomic E-state index is 4.20. The van der Waals surface area contributed by atoms with Crippen LogP contribution < -0.4 is 5.32 Å². The Balaban J connectivity index is 1.73. The lowest BCUT2D eigenvalue weighted by Gasteiger charge is -2.18. The van der Waals surface area contributed by atoms with Gasteiger partial charge in [-0.15, -0.1) is 0 Å². The van der Waals surface area contributed by atoms with Gasteiger partial charge in [0.05, 0.1) is 0 Å². The number of nitrogens with one attached hydrogen (secondary N) is 1. The third kappa shape index (κ3) is 3.46. The van der Waals surface area contributed by atoms with Crippen LogP contribution in [0.1, 0.15) is 30.4 Å². The van der Waals surface area contributed by atoms with Crippen molar-refractivity contribution >= 4 is 0 Å². The van der Waals surface area contributed by atoms with Gasteiger partial charge in [-0.25, -0.2) is 0 Å². The van der Waals surface area contributed by atoms with Gasteiger partial charge < -0.3 is 5.32 Å². The van der Waals surface area contributed by atoms with Crippen molar-refractivity contribution in [3.63, 3.8) is 0 Å². The van der Waals surface area contributed by atoms with Crippen LogP contribution in [0.15, 0.2) is 30.6 Å². The Kier molecular flexibility index (Phi) is 4.11. The lowest BCUT2D eigenvalue weighted by molar-refractivity contribution is 0.440. The summed E-state index contributed by atoms with van der Waals surface area (Å²) in [5.41, 5.74) is 2.52. The van der Waals surface area contributed by atoms with E-state index in [2.05, 4.69) is 35.4 Å². The fourth-order valence-electron chi connectivity index (χ4n) is 2.18. The highest BCUT2D eigenvalue weighted by molar-refractivity contribution is 5.16. The van der Waals surface area contributed by atoms with Crippen molar-refractivity contribution in [1.82, 2.24) is 10.3 Å². The van der Waals surface area contributed by atoms with Crippen molar-refractivity contribution in [1.29, 1.82) is 0 Å². The van der Waals surface area contributed by atoms with Crippen LogP contribution in [-0.4, -0.2) is 11.5 Å². The first-order valence-electron chi connectivity index (χ1n) is 6.11. The Morgan fingerprint density at radius 1 is 1.38 bits per heavy atom. The van der Waals surface area contributed by atoms with Crippen LogP contribution in [0.4, 0.5) is 0 Å². The average Bonchev–Trinajstić information content (AvgIpc) is 2.30. The summed E-state index contributed by atoms with van der Waals surface area (Å²) in [5, 5.41) is 3.52. The van der Waals surface area contributed by atoms with Crippen LogP contribution in [0.5, 0.6) is 0 Å². The van der Waals surface area contributed by atoms with E-state index in [0.29, 0.717) is 0 Å². The third-order valence-electron chi connectivity index (χ3n) is 3.07. The largest absolute Gasteiger partial charge is 0.312 e. The predicted molar refractivity (Wildman–Crippen MR) is 67.2 cm³/mol. The summed E-state index contributed by atoms with van der Waals surface area (Å²) in [7, 11) is 0. The molecule has 1 aromatic heterocycles. The predicted octanol–water partition coefficient (Wildman–Crippen LogP) is 2.84. The molecule has 1 aromatic rings. The Labute approximate surface area is 97.8 Å². The fraction of sp³-hybridized carbons (Fsp3) is 0.500. The van der Waals surface area contributed by atoms with E-state index in [1.807, 2.05) is 12.4 Å². The summed E-state index contributed by atoms with van der Waals surface area (Å²) in [6.07, 6.45) is 12.3. The smallest absolute Gasteiger partial charge is 0.0313 e. The minimum absolute atomic E-state index is 0.822. The lowest BCUT2D eigenvalue weighted by Crippen LogP contribution is -2.23. The molecule has 0 saturated carbocycles. The van der Waals surface area contributed by atoms with Crippen molar-refractivity contribution < 1.29 is 0 Å². The molecule has 16 heavy (non-hydrogen) atoms. The Morgan fingerprint density at radius 3 is 3.06 bits per heavy atom. The molecule has 0 radical (unpaired) electrons. The SMILES string of the molecule is Cc1cncc(CNCC2CC=CCC2)c1. The Morgan fingerprint density at radius 2 is 2.31 bits per heavy atom. The molecule has 0 bridgehead atoms. The van der Waals surface area contributed by atoms with Gasteiger partial charge in [0.15, 0.2) is 0 Å². The van der Waals surface area contributed by atoms with Crippen LogP contribution >= 0.6 is 0 Å². The van der Waals surface area contributed by atoms with Crippen molar-refractivity contribution in [3.8, 4) is 0 Å². The molecule has 2 nitrogen and oxygen atoms in total. The zero-order chi connectivity index (χ0) is 11.2. The number of allylic oxidation sites excluding steroid dienone is 2. The quantitative estimate of drug-likeness (QED) is 0.783. The average molecular weight is 216 g/mol. The van der Waals surface area contributed by atoms with E-state index in [-0.39, 0.29) is 0 Å². The zero-order valence-corrected chi connectivity index (χ0v) is 9.95. The highest BCUT2D eigenvalue weighted by atomic mass is 14.9. The summed E-state index contributed by atoms with van der Waals surface area (Å²) >= 11 is 0. The van der Waals surface area contributed by atoms with E-state index in [9.17, 15) is 0 Å². The van der Waals surface area contributed by atoms with Crippen molar-refractivity contribution in [2.45, 2.75) is 32.7 Å². The fourth-order valence-corrected chi connectivity index (χ4v) is 2.18. The second kappa shape index (κ2) is 5.80. The van der Waals surface area contributed by atoms with E-state index >= 15 is 0 Å². The van der Waals surface area contributed by atoms with E-state index in [1.165, 1.54) is 30.4 Å². The first kappa shape index (κ1) is 11.3. The summed E-state index contributed by atoms with van der Waals surface area (Å²) in [6.45, 7) is 4.15. The number of rotatable bonds is 4. The zero-order valence-electron chi connectivity index (χ0n) is 9.95. The molecule has 1 atom stereocenters. The van der Waals surface area contributed by atoms with E-state index < -0.39 is 0 Å². The lowest BCUT2D eigenvalue weighted by atomic mass is 9.94. The number of aromatic nitrogens is 1. The van der Waals surface area contributed by atoms with Crippen molar-refractivity contribution in [3.05, 3.63) is 41.7 Å². The Bertz CT molecular complexity index is 358. The molecule has 1 unspecified atom stereocenters. The molecule has 0 saturated heterocycles. The molecule has 0 aliphatic heterocycles. The molecular formula is C14H20N2. The molecule has 2 heteroatoms. The molecule has 0 fully saturated rings. The number of hydrogen-bond donors (Lipinski definition) is 1. The maximum absolute atomic E-state index is 4.20. The van der Waals surface area contributed by atoms with Gasteiger partial charge in [-0.1, -0.05) is 18.2 Å². The van der Waals surface area contributed by atoms with E-state index in [1.54, 1.807) is 0 Å². The van der Waals surface area contributed by atoms with Gasteiger partial charge in [0.1, 0.15) is 0 Å². The van der Waals surface area contributed by atoms with Crippen molar-refractivity contribution in [2.24, 2.45) is 5.92 Å². The van der Waals surface area contributed by atoms with Gasteiger partial charge in [-0.05, 0) is 49.8 Å². The van der Waals surface area contributed by atoms with Gasteiger partial charge in [0.25, 0.3) is 0 Å². The number of pyridine rings is 1. The summed E-state index contributed by atoms with van der Waals surface area (Å²) in [4.78, 5) is 4.20. The van der Waals surface area contributed by atoms with Crippen LogP contribution in [0, 0.1) is 12.8 Å². The van der Waals surface area contributed by atoms with Crippen LogP contribution in [0.2, 0.25) is 0 Å². The molecule has 1 aliphatic rings. The molecular weight excluding hydrogens is 196 g/mol. The number of aryl methyl sites for hydroxylation is 1. The second-order valence-corrected chi connectivity index (χ2v) is 4.65. The van der Waals surface area contributed by atoms with E-state index in [4.69, 9.17) is 0 Å². The summed E-state index contributed by atoms with van der Waals surface area (Å²) < 4.78 is 0. The highest BCUT2D eigenvalue weighted by Gasteiger charge is 2.08. The minimum atomic E-state index is 0.822. The second-order valence-electron chi connectivity index (χ2n) is 4.65. The van der Waals surface area contributed by atoms with Crippen LogP contribution in [-0.2, 0) is 6.54 Å². The molecule has 1 heterocycles. The monoisotopic (exact) mass is 216 g/mol. The topological polar surface area (TPSA) is 24.9 Å². The first-order valence-corrected chi connectivity index (χ1v) is 6.11. The van der Waals surface area contributed by atoms with Gasteiger partial charge >= 0.3 is 0 Å². The number of hydrogen-bond acceptors (Lipinski definition) is 2. The van der Waals surface area contributed by atoms with E-state index in [0.717, 1.165) is 19.0 Å². The normalized spacial score (nSPS) is 19.9. The number of nitrogens with zero attached hydrogens (tertiary/aromatic N) is 1. The van der Waals surface area contributed by atoms with Gasteiger partial charge in [-0.3, -0.25) is 4.98 Å². The molecule has 0 aromatic carbocycles. The maximum Gasteiger partial charge on any atom is 0.0313 e. The standard InChI is InChI=1S/C14H20N2/c1-12-7-14(10-15-8-12)11-16-9-13-5-3-2-4-6-13/h2-3,7-8,10,13,16H,4-6,9,11H2,1H3. The molecule has 86 valence electrons. The van der Waals surface area contributed by atoms with Gasteiger partial charge in [-0.2, -0.15) is 0 Å². The molecule has 0 amide bonds. The Hall–Kier alpha value is -1.15. The first-order chi connectivity index (χ1) is 7.84.